The van der Waals surface area contributed by atoms with Crippen LogP contribution in [0.4, 0.5) is 0 Å². The van der Waals surface area contributed by atoms with Gasteiger partial charge >= 0.3 is 0 Å². The summed E-state index contributed by atoms with van der Waals surface area (Å²) in [5, 5.41) is 0. The van der Waals surface area contributed by atoms with Gasteiger partial charge in [-0.3, -0.25) is 0 Å². The molecule has 0 radical (unpaired) electrons. The van der Waals surface area contributed by atoms with Crippen molar-refractivity contribution in [3.8, 4) is 33.9 Å². The lowest BCUT2D eigenvalue weighted by Gasteiger charge is -2.10. The van der Waals surface area contributed by atoms with Gasteiger partial charge in [0.25, 0.3) is 0 Å². The van der Waals surface area contributed by atoms with E-state index in [2.05, 4.69) is 62.4 Å². The minimum atomic E-state index is 0.761. The molecule has 2 heteroatoms. The molecular weight excluding hydrogens is 316 g/mol. The van der Waals surface area contributed by atoms with Crippen LogP contribution < -0.4 is 0 Å². The molecule has 2 nitrogen and oxygen atoms in total. The average Bonchev–Trinajstić information content (AvgIpc) is 2.68. The number of rotatable bonds is 3. The second-order valence-corrected chi connectivity index (χ2v) is 6.57. The first kappa shape index (κ1) is 16.2. The van der Waals surface area contributed by atoms with Gasteiger partial charge in [-0.1, -0.05) is 77.9 Å². The second kappa shape index (κ2) is 6.93. The molecule has 0 aliphatic rings. The van der Waals surface area contributed by atoms with Gasteiger partial charge in [-0.15, -0.1) is 0 Å². The van der Waals surface area contributed by atoms with E-state index in [9.17, 15) is 0 Å². The van der Waals surface area contributed by atoms with Gasteiger partial charge in [0.05, 0.1) is 11.4 Å². The minimum absolute atomic E-state index is 0.761. The van der Waals surface area contributed by atoms with Crippen molar-refractivity contribution in [1.29, 1.82) is 0 Å². The van der Waals surface area contributed by atoms with E-state index >= 15 is 0 Å². The van der Waals surface area contributed by atoms with Crippen LogP contribution in [0.5, 0.6) is 0 Å². The first-order valence-corrected chi connectivity index (χ1v) is 8.78. The predicted molar refractivity (Wildman–Crippen MR) is 108 cm³/mol. The van der Waals surface area contributed by atoms with Gasteiger partial charge in [-0.05, 0) is 32.0 Å². The highest BCUT2D eigenvalue weighted by Crippen LogP contribution is 2.28. The molecule has 0 aliphatic carbocycles. The average molecular weight is 336 g/mol. The molecular formula is C24H20N2. The summed E-state index contributed by atoms with van der Waals surface area (Å²) in [6, 6.07) is 29.1. The normalized spacial score (nSPS) is 10.7. The van der Waals surface area contributed by atoms with Gasteiger partial charge in [0.1, 0.15) is 0 Å². The number of aromatic nitrogens is 2. The van der Waals surface area contributed by atoms with Crippen molar-refractivity contribution in [2.75, 3.05) is 0 Å². The fourth-order valence-corrected chi connectivity index (χ4v) is 3.19. The van der Waals surface area contributed by atoms with Gasteiger partial charge in [-0.25, -0.2) is 9.97 Å². The number of benzene rings is 3. The largest absolute Gasteiger partial charge is 0.228 e. The molecule has 4 aromatic rings. The molecule has 0 bridgehead atoms. The van der Waals surface area contributed by atoms with Crippen LogP contribution >= 0.6 is 0 Å². The summed E-state index contributed by atoms with van der Waals surface area (Å²) in [5.41, 5.74) is 7.56. The van der Waals surface area contributed by atoms with Crippen LogP contribution in [0.2, 0.25) is 0 Å². The number of hydrogen-bond donors (Lipinski definition) is 0. The molecule has 4 rings (SSSR count). The van der Waals surface area contributed by atoms with E-state index in [1.54, 1.807) is 0 Å². The summed E-state index contributed by atoms with van der Waals surface area (Å²) in [4.78, 5) is 9.74. The Morgan fingerprint density at radius 2 is 0.962 bits per heavy atom. The van der Waals surface area contributed by atoms with Gasteiger partial charge in [-0.2, -0.15) is 0 Å². The van der Waals surface area contributed by atoms with Crippen molar-refractivity contribution in [2.45, 2.75) is 13.8 Å². The lowest BCUT2D eigenvalue weighted by atomic mass is 10.0. The van der Waals surface area contributed by atoms with Gasteiger partial charge in [0.15, 0.2) is 5.82 Å². The lowest BCUT2D eigenvalue weighted by molar-refractivity contribution is 1.18. The summed E-state index contributed by atoms with van der Waals surface area (Å²) in [6.07, 6.45) is 0. The molecule has 0 fully saturated rings. The van der Waals surface area contributed by atoms with Gasteiger partial charge < -0.3 is 0 Å². The summed E-state index contributed by atoms with van der Waals surface area (Å²) in [7, 11) is 0. The summed E-state index contributed by atoms with van der Waals surface area (Å²) in [6.45, 7) is 4.21. The second-order valence-electron chi connectivity index (χ2n) is 6.57. The van der Waals surface area contributed by atoms with E-state index in [0.717, 1.165) is 33.9 Å². The molecule has 0 atom stereocenters. The third-order valence-electron chi connectivity index (χ3n) is 4.35. The highest BCUT2D eigenvalue weighted by atomic mass is 14.9. The zero-order valence-corrected chi connectivity index (χ0v) is 15.0. The smallest absolute Gasteiger partial charge is 0.160 e. The Morgan fingerprint density at radius 3 is 1.42 bits per heavy atom. The van der Waals surface area contributed by atoms with Crippen LogP contribution in [-0.2, 0) is 0 Å². The molecule has 1 aromatic heterocycles. The summed E-state index contributed by atoms with van der Waals surface area (Å²) >= 11 is 0. The van der Waals surface area contributed by atoms with E-state index in [0.29, 0.717) is 0 Å². The Morgan fingerprint density at radius 1 is 0.500 bits per heavy atom. The molecule has 26 heavy (non-hydrogen) atoms. The molecule has 0 saturated carbocycles. The van der Waals surface area contributed by atoms with Crippen molar-refractivity contribution in [1.82, 2.24) is 9.97 Å². The molecule has 0 N–H and O–H groups in total. The Kier molecular flexibility index (Phi) is 4.32. The summed E-state index contributed by atoms with van der Waals surface area (Å²) < 4.78 is 0. The molecule has 0 spiro atoms. The van der Waals surface area contributed by atoms with Crippen LogP contribution in [0.3, 0.4) is 0 Å². The minimum Gasteiger partial charge on any atom is -0.228 e. The van der Waals surface area contributed by atoms with Gasteiger partial charge in [0, 0.05) is 16.7 Å². The van der Waals surface area contributed by atoms with E-state index in [4.69, 9.17) is 9.97 Å². The maximum atomic E-state index is 4.87. The molecule has 0 aliphatic heterocycles. The first-order chi connectivity index (χ1) is 12.7. The van der Waals surface area contributed by atoms with Crippen molar-refractivity contribution in [3.05, 3.63) is 96.1 Å². The molecule has 0 amide bonds. The van der Waals surface area contributed by atoms with Crippen LogP contribution in [0.25, 0.3) is 33.9 Å². The molecule has 3 aromatic carbocycles. The quantitative estimate of drug-likeness (QED) is 0.452. The molecule has 0 saturated heterocycles. The van der Waals surface area contributed by atoms with Crippen LogP contribution in [0.1, 0.15) is 11.1 Å². The fraction of sp³-hybridized carbons (Fsp3) is 0.0833. The van der Waals surface area contributed by atoms with E-state index < -0.39 is 0 Å². The van der Waals surface area contributed by atoms with Crippen molar-refractivity contribution >= 4 is 0 Å². The summed E-state index contributed by atoms with van der Waals surface area (Å²) in [5.74, 6) is 0.761. The number of nitrogens with zero attached hydrogens (tertiary/aromatic N) is 2. The topological polar surface area (TPSA) is 25.8 Å². The predicted octanol–water partition coefficient (Wildman–Crippen LogP) is 6.09. The standard InChI is InChI=1S/C24H20N2/c1-17-13-18(2)15-21(14-17)24-25-22(19-9-5-3-6-10-19)16-23(26-24)20-11-7-4-8-12-20/h3-16H,1-2H3. The Balaban J connectivity index is 1.93. The Bertz CT molecular complexity index is 960. The Hall–Kier alpha value is -3.26. The van der Waals surface area contributed by atoms with Crippen LogP contribution in [-0.4, -0.2) is 9.97 Å². The molecule has 0 unspecified atom stereocenters. The zero-order chi connectivity index (χ0) is 17.9. The zero-order valence-electron chi connectivity index (χ0n) is 15.0. The molecule has 1 heterocycles. The maximum Gasteiger partial charge on any atom is 0.160 e. The highest BCUT2D eigenvalue weighted by molar-refractivity contribution is 5.72. The highest BCUT2D eigenvalue weighted by Gasteiger charge is 2.10. The first-order valence-electron chi connectivity index (χ1n) is 8.78. The lowest BCUT2D eigenvalue weighted by Crippen LogP contribution is -1.96. The van der Waals surface area contributed by atoms with Crippen LogP contribution in [0.15, 0.2) is 84.9 Å². The number of hydrogen-bond acceptors (Lipinski definition) is 2. The van der Waals surface area contributed by atoms with Crippen LogP contribution in [0, 0.1) is 13.8 Å². The Labute approximate surface area is 154 Å². The van der Waals surface area contributed by atoms with E-state index in [1.807, 2.05) is 36.4 Å². The van der Waals surface area contributed by atoms with Crippen molar-refractivity contribution in [3.63, 3.8) is 0 Å². The van der Waals surface area contributed by atoms with Crippen molar-refractivity contribution in [2.24, 2.45) is 0 Å². The SMILES string of the molecule is Cc1cc(C)cc(-c2nc(-c3ccccc3)cc(-c3ccccc3)n2)c1. The molecule has 126 valence electrons. The van der Waals surface area contributed by atoms with Crippen molar-refractivity contribution < 1.29 is 0 Å². The monoisotopic (exact) mass is 336 g/mol. The van der Waals surface area contributed by atoms with E-state index in [-0.39, 0.29) is 0 Å². The van der Waals surface area contributed by atoms with Gasteiger partial charge in [0.2, 0.25) is 0 Å². The number of aryl methyl sites for hydroxylation is 2. The third-order valence-corrected chi connectivity index (χ3v) is 4.35. The van der Waals surface area contributed by atoms with E-state index in [1.165, 1.54) is 11.1 Å². The fourth-order valence-electron chi connectivity index (χ4n) is 3.19. The third kappa shape index (κ3) is 3.40. The maximum absolute atomic E-state index is 4.87.